The zero-order valence-electron chi connectivity index (χ0n) is 27.7. The summed E-state index contributed by atoms with van der Waals surface area (Å²) in [5.41, 5.74) is 19.2. The molecule has 0 bridgehead atoms. The van der Waals surface area contributed by atoms with E-state index in [-0.39, 0.29) is 75.3 Å². The van der Waals surface area contributed by atoms with Crippen LogP contribution in [0.25, 0.3) is 32.2 Å². The third-order valence-corrected chi connectivity index (χ3v) is 8.37. The van der Waals surface area contributed by atoms with Crippen LogP contribution in [0, 0.1) is 18.3 Å². The van der Waals surface area contributed by atoms with Gasteiger partial charge in [-0.25, -0.2) is 15.6 Å². The maximum Gasteiger partial charge on any atom is 0.410 e. The van der Waals surface area contributed by atoms with E-state index in [0.717, 1.165) is 10.6 Å². The maximum absolute atomic E-state index is 13.8. The highest BCUT2D eigenvalue weighted by Gasteiger charge is 2.30. The van der Waals surface area contributed by atoms with E-state index >= 15 is 0 Å². The number of piperazine rings is 1. The van der Waals surface area contributed by atoms with Crippen LogP contribution in [0.4, 0.5) is 4.79 Å². The van der Waals surface area contributed by atoms with E-state index in [9.17, 15) is 19.6 Å². The number of halogens is 1. The first-order valence-corrected chi connectivity index (χ1v) is 16.1. The summed E-state index contributed by atoms with van der Waals surface area (Å²) < 4.78 is 11.0. The first-order valence-electron chi connectivity index (χ1n) is 15.7. The Morgan fingerprint density at radius 1 is 1.02 bits per heavy atom. The SMILES string of the molecule is Cc1ccc(-c2ccc(Cl)c(C(=O)N(N)[C@H](Cc3ccc(C#N)cc3)CN(N)CC(=O)N3CCN(C(=O)OC(CN=[N+]=[N-])CN=[N+]=[N-])CC3)c2)o1. The van der Waals surface area contributed by atoms with Gasteiger partial charge in [0, 0.05) is 48.1 Å². The van der Waals surface area contributed by atoms with Gasteiger partial charge < -0.3 is 19.0 Å². The molecule has 0 unspecified atom stereocenters. The van der Waals surface area contributed by atoms with Crippen molar-refractivity contribution < 1.29 is 23.5 Å². The third-order valence-electron chi connectivity index (χ3n) is 8.04. The van der Waals surface area contributed by atoms with Crippen molar-refractivity contribution in [1.29, 1.82) is 5.26 Å². The Morgan fingerprint density at radius 3 is 2.25 bits per heavy atom. The molecule has 3 aromatic rings. The van der Waals surface area contributed by atoms with Crippen molar-refractivity contribution >= 4 is 29.5 Å². The number of azide groups is 2. The minimum Gasteiger partial charge on any atom is -0.461 e. The van der Waals surface area contributed by atoms with E-state index in [1.807, 2.05) is 6.92 Å². The average Bonchev–Trinajstić information content (AvgIpc) is 3.58. The highest BCUT2D eigenvalue weighted by Crippen LogP contribution is 2.28. The lowest BCUT2D eigenvalue weighted by molar-refractivity contribution is -0.134. The minimum atomic E-state index is -0.929. The lowest BCUT2D eigenvalue weighted by atomic mass is 10.0. The molecule has 4 rings (SSSR count). The van der Waals surface area contributed by atoms with Gasteiger partial charge in [-0.05, 0) is 72.4 Å². The Bertz CT molecular complexity index is 1820. The summed E-state index contributed by atoms with van der Waals surface area (Å²) in [6.07, 6.45) is -1.38. The second-order valence-electron chi connectivity index (χ2n) is 11.6. The Morgan fingerprint density at radius 2 is 1.67 bits per heavy atom. The van der Waals surface area contributed by atoms with Crippen LogP contribution in [0.1, 0.15) is 27.2 Å². The molecule has 1 aliphatic heterocycles. The molecule has 0 radical (unpaired) electrons. The van der Waals surface area contributed by atoms with Gasteiger partial charge in [0.05, 0.1) is 47.9 Å². The Balaban J connectivity index is 1.42. The summed E-state index contributed by atoms with van der Waals surface area (Å²) >= 11 is 6.47. The molecule has 1 saturated heterocycles. The molecule has 0 spiro atoms. The molecule has 51 heavy (non-hydrogen) atoms. The molecule has 18 nitrogen and oxygen atoms in total. The molecule has 3 amide bonds. The topological polar surface area (TPSA) is 260 Å². The Hall–Kier alpha value is -5.79. The fourth-order valence-electron chi connectivity index (χ4n) is 5.33. The molecule has 2 aromatic carbocycles. The zero-order chi connectivity index (χ0) is 36.9. The molecule has 1 aromatic heterocycles. The summed E-state index contributed by atoms with van der Waals surface area (Å²) in [6.45, 7) is 1.89. The van der Waals surface area contributed by atoms with Crippen molar-refractivity contribution in [3.8, 4) is 17.4 Å². The fraction of sp³-hybridized carbons (Fsp3) is 0.375. The van der Waals surface area contributed by atoms with Crippen LogP contribution in [0.2, 0.25) is 5.02 Å². The predicted molar refractivity (Wildman–Crippen MR) is 185 cm³/mol. The van der Waals surface area contributed by atoms with Crippen LogP contribution >= 0.6 is 11.6 Å². The van der Waals surface area contributed by atoms with Gasteiger partial charge in [-0.2, -0.15) is 5.26 Å². The van der Waals surface area contributed by atoms with E-state index < -0.39 is 24.1 Å². The number of ether oxygens (including phenoxy) is 1. The lowest BCUT2D eigenvalue weighted by Crippen LogP contribution is -2.56. The zero-order valence-corrected chi connectivity index (χ0v) is 28.5. The number of benzene rings is 2. The number of carbonyl (C=O) groups excluding carboxylic acids is 3. The second kappa shape index (κ2) is 18.3. The van der Waals surface area contributed by atoms with Gasteiger partial charge in [-0.3, -0.25) is 20.4 Å². The van der Waals surface area contributed by atoms with E-state index in [0.29, 0.717) is 22.6 Å². The number of carbonyl (C=O) groups is 3. The number of nitrogens with two attached hydrogens (primary N) is 2. The van der Waals surface area contributed by atoms with Crippen molar-refractivity contribution in [3.63, 3.8) is 0 Å². The fourth-order valence-corrected chi connectivity index (χ4v) is 5.53. The predicted octanol–water partition coefficient (Wildman–Crippen LogP) is 4.15. The highest BCUT2D eigenvalue weighted by molar-refractivity contribution is 6.34. The van der Waals surface area contributed by atoms with E-state index in [2.05, 4.69) is 26.1 Å². The molecule has 4 N–H and O–H groups in total. The van der Waals surface area contributed by atoms with Crippen LogP contribution in [0.15, 0.2) is 69.2 Å². The van der Waals surface area contributed by atoms with Crippen molar-refractivity contribution in [2.75, 3.05) is 52.4 Å². The van der Waals surface area contributed by atoms with Crippen LogP contribution in [0.3, 0.4) is 0 Å². The molecular weight excluding hydrogens is 682 g/mol. The van der Waals surface area contributed by atoms with Crippen molar-refractivity contribution in [1.82, 2.24) is 19.8 Å². The molecule has 2 heterocycles. The van der Waals surface area contributed by atoms with Crippen LogP contribution in [-0.2, 0) is 16.0 Å². The van der Waals surface area contributed by atoms with Gasteiger partial charge in [-0.1, -0.05) is 34.0 Å². The van der Waals surface area contributed by atoms with Gasteiger partial charge in [0.1, 0.15) is 17.6 Å². The molecular formula is C32H36ClN13O5. The van der Waals surface area contributed by atoms with Crippen molar-refractivity contribution in [2.45, 2.75) is 25.5 Å². The smallest absolute Gasteiger partial charge is 0.410 e. The van der Waals surface area contributed by atoms with Gasteiger partial charge >= 0.3 is 6.09 Å². The number of hydrazine groups is 2. The highest BCUT2D eigenvalue weighted by atomic mass is 35.5. The molecule has 19 heteroatoms. The average molecular weight is 718 g/mol. The number of hydrogen-bond donors (Lipinski definition) is 2. The number of amides is 3. The summed E-state index contributed by atoms with van der Waals surface area (Å²) in [4.78, 5) is 47.9. The maximum atomic E-state index is 13.8. The molecule has 1 atom stereocenters. The second-order valence-corrected chi connectivity index (χ2v) is 12.0. The molecule has 266 valence electrons. The Labute approximate surface area is 297 Å². The summed E-state index contributed by atoms with van der Waals surface area (Å²) in [7, 11) is 0. The number of nitrogens with zero attached hydrogens (tertiary/aromatic N) is 11. The number of nitriles is 1. The van der Waals surface area contributed by atoms with Crippen LogP contribution < -0.4 is 11.7 Å². The normalized spacial score (nSPS) is 13.7. The summed E-state index contributed by atoms with van der Waals surface area (Å²) in [5.74, 6) is 13.2. The van der Waals surface area contributed by atoms with Gasteiger partial charge in [0.25, 0.3) is 5.91 Å². The molecule has 1 fully saturated rings. The van der Waals surface area contributed by atoms with Crippen molar-refractivity contribution in [3.05, 3.63) is 103 Å². The van der Waals surface area contributed by atoms with E-state index in [1.54, 1.807) is 59.5 Å². The molecule has 1 aliphatic rings. The first kappa shape index (κ1) is 38.0. The van der Waals surface area contributed by atoms with Gasteiger partial charge in [-0.15, -0.1) is 0 Å². The van der Waals surface area contributed by atoms with Gasteiger partial charge in [0.15, 0.2) is 0 Å². The monoisotopic (exact) mass is 717 g/mol. The standard InChI is InChI=1S/C32H36ClN13O5/c1-21-2-9-29(50-21)24-7-8-28(33)27(15-24)31(48)46(38)25(14-22-3-5-23(16-34)6-4-22)19-45(37)20-30(47)43-10-12-44(13-11-43)32(49)51-26(17-39-41-35)18-40-42-36/h2-9,15,25-26H,10-14,17-20,37-38H2,1H3/t25-/m1/s1. The number of hydrogen-bond acceptors (Lipinski definition) is 11. The van der Waals surface area contributed by atoms with E-state index in [1.165, 1.54) is 9.91 Å². The minimum absolute atomic E-state index is 0.00724. The first-order chi connectivity index (χ1) is 24.5. The lowest BCUT2D eigenvalue weighted by Gasteiger charge is -2.36. The number of aryl methyl sites for hydroxylation is 1. The molecule has 0 saturated carbocycles. The van der Waals surface area contributed by atoms with Crippen LogP contribution in [0.5, 0.6) is 0 Å². The van der Waals surface area contributed by atoms with Gasteiger partial charge in [0.2, 0.25) is 5.91 Å². The summed E-state index contributed by atoms with van der Waals surface area (Å²) in [5, 5.41) is 18.5. The number of rotatable bonds is 14. The Kier molecular flexibility index (Phi) is 13.6. The summed E-state index contributed by atoms with van der Waals surface area (Å²) in [6, 6.07) is 16.7. The largest absolute Gasteiger partial charge is 0.461 e. The van der Waals surface area contributed by atoms with Crippen molar-refractivity contribution in [2.24, 2.45) is 21.9 Å². The van der Waals surface area contributed by atoms with E-state index in [4.69, 9.17) is 43.5 Å². The number of furan rings is 1. The van der Waals surface area contributed by atoms with Crippen LogP contribution in [-0.4, -0.2) is 102 Å². The third kappa shape index (κ3) is 10.6. The quantitative estimate of drug-likeness (QED) is 0.0605. The molecule has 0 aliphatic carbocycles.